The fourth-order valence-corrected chi connectivity index (χ4v) is 2.37. The Morgan fingerprint density at radius 1 is 0.800 bits per heavy atom. The largest absolute Gasteiger partial charge is 0.478 e. The summed E-state index contributed by atoms with van der Waals surface area (Å²) in [6.45, 7) is 1.77. The van der Waals surface area contributed by atoms with Crippen molar-refractivity contribution in [3.05, 3.63) is 72.9 Å². The van der Waals surface area contributed by atoms with E-state index in [-0.39, 0.29) is 12.5 Å². The maximum Gasteiger partial charge on any atom is 0.328 e. The van der Waals surface area contributed by atoms with Crippen molar-refractivity contribution in [1.82, 2.24) is 0 Å². The molecule has 0 saturated carbocycles. The number of aliphatic carboxylic acids is 1. The third-order valence-corrected chi connectivity index (χ3v) is 3.94. The Bertz CT molecular complexity index is 613. The fourth-order valence-electron chi connectivity index (χ4n) is 2.37. The molecule has 0 aliphatic rings. The first-order valence-electron chi connectivity index (χ1n) is 10.3. The van der Waals surface area contributed by atoms with Crippen LogP contribution in [0.2, 0.25) is 0 Å². The minimum Gasteiger partial charge on any atom is -0.478 e. The molecule has 4 atom stereocenters. The molecule has 168 valence electrons. The second-order valence-corrected chi connectivity index (χ2v) is 7.03. The van der Waals surface area contributed by atoms with Gasteiger partial charge in [-0.05, 0) is 39.0 Å². The molecular weight excluding hydrogens is 384 g/mol. The number of rotatable bonds is 16. The number of unbranched alkanes of at least 4 members (excludes halogenated alkanes) is 1. The summed E-state index contributed by atoms with van der Waals surface area (Å²) < 4.78 is 0. The maximum absolute atomic E-state index is 10.3. The highest BCUT2D eigenvalue weighted by Gasteiger charge is 2.07. The first-order chi connectivity index (χ1) is 14.3. The van der Waals surface area contributed by atoms with E-state index in [2.05, 4.69) is 0 Å². The standard InChI is InChI=1S/C24H36O6/c1-20(25)13-7-3-2-4-8-16-22(27)19-23(28)17-11-5-9-14-21(26)15-10-6-12-18-24(29)30/h2,4-6,8-12,14,16,18,20-23,25-28H,3,7,13,15,17,19H2,1H3,(H,29,30)/b4-2+,10-6+,11-5-,14-9+,16-8+,18-12+. The molecule has 0 aromatic heterocycles. The van der Waals surface area contributed by atoms with Crippen molar-refractivity contribution >= 4 is 5.97 Å². The molecule has 0 aromatic carbocycles. The second-order valence-electron chi connectivity index (χ2n) is 7.03. The number of hydrogen-bond acceptors (Lipinski definition) is 5. The molecular formula is C24H36O6. The van der Waals surface area contributed by atoms with Gasteiger partial charge in [-0.2, -0.15) is 0 Å². The van der Waals surface area contributed by atoms with E-state index in [1.54, 1.807) is 55.5 Å². The summed E-state index contributed by atoms with van der Waals surface area (Å²) in [6, 6.07) is 0. The van der Waals surface area contributed by atoms with Crippen molar-refractivity contribution < 1.29 is 30.3 Å². The monoisotopic (exact) mass is 420 g/mol. The van der Waals surface area contributed by atoms with Crippen molar-refractivity contribution in [2.75, 3.05) is 0 Å². The van der Waals surface area contributed by atoms with Crippen LogP contribution in [0.4, 0.5) is 0 Å². The summed E-state index contributed by atoms with van der Waals surface area (Å²) in [6.07, 6.45) is 20.8. The van der Waals surface area contributed by atoms with Crippen LogP contribution >= 0.6 is 0 Å². The molecule has 0 bridgehead atoms. The lowest BCUT2D eigenvalue weighted by Gasteiger charge is -2.10. The molecule has 6 heteroatoms. The smallest absolute Gasteiger partial charge is 0.328 e. The van der Waals surface area contributed by atoms with Crippen molar-refractivity contribution in [1.29, 1.82) is 0 Å². The van der Waals surface area contributed by atoms with Gasteiger partial charge in [-0.15, -0.1) is 0 Å². The van der Waals surface area contributed by atoms with Gasteiger partial charge in [-0.1, -0.05) is 66.8 Å². The predicted molar refractivity (Wildman–Crippen MR) is 120 cm³/mol. The Kier molecular flexibility index (Phi) is 17.4. The number of hydrogen-bond donors (Lipinski definition) is 5. The Hall–Kier alpha value is -2.25. The topological polar surface area (TPSA) is 118 Å². The average molecular weight is 421 g/mol. The zero-order valence-electron chi connectivity index (χ0n) is 17.6. The molecule has 0 rings (SSSR count). The predicted octanol–water partition coefficient (Wildman–Crippen LogP) is 3.21. The molecule has 0 aromatic rings. The van der Waals surface area contributed by atoms with Crippen LogP contribution < -0.4 is 0 Å². The van der Waals surface area contributed by atoms with Crippen LogP contribution in [-0.2, 0) is 4.79 Å². The summed E-state index contributed by atoms with van der Waals surface area (Å²) in [7, 11) is 0. The molecule has 4 unspecified atom stereocenters. The third kappa shape index (κ3) is 20.5. The minimum absolute atomic E-state index is 0.234. The van der Waals surface area contributed by atoms with Crippen LogP contribution in [0, 0.1) is 0 Å². The molecule has 0 aliphatic heterocycles. The van der Waals surface area contributed by atoms with Gasteiger partial charge < -0.3 is 25.5 Å². The van der Waals surface area contributed by atoms with Gasteiger partial charge in [-0.25, -0.2) is 4.79 Å². The summed E-state index contributed by atoms with van der Waals surface area (Å²) in [5.41, 5.74) is 0. The van der Waals surface area contributed by atoms with Crippen LogP contribution in [0.3, 0.4) is 0 Å². The Morgan fingerprint density at radius 2 is 1.40 bits per heavy atom. The number of carboxylic acid groups (broad SMARTS) is 1. The Morgan fingerprint density at radius 3 is 2.07 bits per heavy atom. The van der Waals surface area contributed by atoms with E-state index in [9.17, 15) is 20.1 Å². The lowest BCUT2D eigenvalue weighted by Crippen LogP contribution is -2.14. The van der Waals surface area contributed by atoms with E-state index in [0.29, 0.717) is 12.8 Å². The van der Waals surface area contributed by atoms with Gasteiger partial charge in [-0.3, -0.25) is 0 Å². The molecule has 0 radical (unpaired) electrons. The highest BCUT2D eigenvalue weighted by atomic mass is 16.4. The van der Waals surface area contributed by atoms with Crippen LogP contribution in [0.25, 0.3) is 0 Å². The van der Waals surface area contributed by atoms with Gasteiger partial charge >= 0.3 is 5.97 Å². The van der Waals surface area contributed by atoms with Crippen molar-refractivity contribution in [3.8, 4) is 0 Å². The highest BCUT2D eigenvalue weighted by Crippen LogP contribution is 2.06. The molecule has 0 aliphatic carbocycles. The van der Waals surface area contributed by atoms with Gasteiger partial charge in [0.1, 0.15) is 0 Å². The second kappa shape index (κ2) is 18.8. The summed E-state index contributed by atoms with van der Waals surface area (Å²) in [5.74, 6) is -1.02. The summed E-state index contributed by atoms with van der Waals surface area (Å²) >= 11 is 0. The fraction of sp³-hybridized carbons (Fsp3) is 0.458. The van der Waals surface area contributed by atoms with Crippen molar-refractivity contribution in [3.63, 3.8) is 0 Å². The third-order valence-electron chi connectivity index (χ3n) is 3.94. The number of carboxylic acids is 1. The first kappa shape index (κ1) is 27.8. The van der Waals surface area contributed by atoms with E-state index in [1.165, 1.54) is 6.08 Å². The van der Waals surface area contributed by atoms with E-state index in [4.69, 9.17) is 10.2 Å². The van der Waals surface area contributed by atoms with Crippen LogP contribution in [0.15, 0.2) is 72.9 Å². The molecule has 5 N–H and O–H groups in total. The molecule has 6 nitrogen and oxygen atoms in total. The minimum atomic E-state index is -1.02. The summed E-state index contributed by atoms with van der Waals surface area (Å²) in [5, 5.41) is 47.2. The molecule has 0 amide bonds. The van der Waals surface area contributed by atoms with Gasteiger partial charge in [0, 0.05) is 12.5 Å². The van der Waals surface area contributed by atoms with E-state index in [1.807, 2.05) is 12.2 Å². The molecule has 0 fully saturated rings. The van der Waals surface area contributed by atoms with Crippen LogP contribution in [0.1, 0.15) is 45.4 Å². The van der Waals surface area contributed by atoms with Crippen molar-refractivity contribution in [2.45, 2.75) is 69.9 Å². The number of aliphatic hydroxyl groups is 4. The highest BCUT2D eigenvalue weighted by molar-refractivity contribution is 5.80. The van der Waals surface area contributed by atoms with E-state index >= 15 is 0 Å². The van der Waals surface area contributed by atoms with Crippen LogP contribution in [0.5, 0.6) is 0 Å². The Labute approximate surface area is 179 Å². The quantitative estimate of drug-likeness (QED) is 0.149. The van der Waals surface area contributed by atoms with Crippen molar-refractivity contribution in [2.24, 2.45) is 0 Å². The zero-order chi connectivity index (χ0) is 22.6. The maximum atomic E-state index is 10.3. The summed E-state index contributed by atoms with van der Waals surface area (Å²) in [4.78, 5) is 10.3. The van der Waals surface area contributed by atoms with Gasteiger partial charge in [0.15, 0.2) is 0 Å². The van der Waals surface area contributed by atoms with E-state index < -0.39 is 24.3 Å². The molecule has 30 heavy (non-hydrogen) atoms. The average Bonchev–Trinajstić information content (AvgIpc) is 2.66. The lowest BCUT2D eigenvalue weighted by molar-refractivity contribution is -0.131. The Balaban J connectivity index is 3.99. The first-order valence-corrected chi connectivity index (χ1v) is 10.3. The van der Waals surface area contributed by atoms with Gasteiger partial charge in [0.2, 0.25) is 0 Å². The number of aliphatic hydroxyl groups excluding tert-OH is 4. The molecule has 0 spiro atoms. The molecule has 0 heterocycles. The zero-order valence-corrected chi connectivity index (χ0v) is 17.6. The number of carbonyl (C=O) groups is 1. The SMILES string of the molecule is CC(O)CCC/C=C/C=C/C(O)CC(O)C/C=C\C=C\C(O)C/C=C/C=C/C(=O)O. The van der Waals surface area contributed by atoms with E-state index in [0.717, 1.165) is 25.3 Å². The lowest BCUT2D eigenvalue weighted by atomic mass is 10.1. The normalized spacial score (nSPS) is 17.2. The van der Waals surface area contributed by atoms with Gasteiger partial charge in [0.05, 0.1) is 24.4 Å². The van der Waals surface area contributed by atoms with Gasteiger partial charge in [0.25, 0.3) is 0 Å². The molecule has 0 saturated heterocycles. The van der Waals surface area contributed by atoms with Crippen LogP contribution in [-0.4, -0.2) is 55.9 Å². The number of allylic oxidation sites excluding steroid dienone is 7.